The Bertz CT molecular complexity index is 941. The number of nitrogens with two attached hydrogens (primary N) is 1. The minimum Gasteiger partial charge on any atom is -0.464 e. The van der Waals surface area contributed by atoms with Crippen LogP contribution in [0.2, 0.25) is 0 Å². The molecule has 2 aromatic heterocycles. The first-order valence-corrected chi connectivity index (χ1v) is 10.2. The van der Waals surface area contributed by atoms with Crippen LogP contribution < -0.4 is 11.1 Å². The highest BCUT2D eigenvalue weighted by atomic mass is 16.3. The number of nitrogens with one attached hydrogen (secondary N) is 1. The molecule has 1 aliphatic carbocycles. The summed E-state index contributed by atoms with van der Waals surface area (Å²) in [4.78, 5) is 31.1. The molecule has 2 fully saturated rings. The Hall–Kier alpha value is -2.92. The Kier molecular flexibility index (Phi) is 5.49. The molecule has 2 atom stereocenters. The fourth-order valence-electron chi connectivity index (χ4n) is 4.42. The van der Waals surface area contributed by atoms with Crippen molar-refractivity contribution in [1.82, 2.24) is 15.2 Å². The average Bonchev–Trinajstić information content (AvgIpc) is 3.41. The van der Waals surface area contributed by atoms with Crippen LogP contribution in [-0.4, -0.2) is 46.4 Å². The summed E-state index contributed by atoms with van der Waals surface area (Å²) in [6, 6.07) is 4.76. The molecule has 152 valence electrons. The van der Waals surface area contributed by atoms with Crippen molar-refractivity contribution in [3.8, 4) is 6.07 Å². The molecular weight excluding hydrogens is 370 g/mol. The van der Waals surface area contributed by atoms with E-state index in [1.165, 1.54) is 0 Å². The molecule has 0 aromatic carbocycles. The van der Waals surface area contributed by atoms with E-state index in [1.54, 1.807) is 29.5 Å². The van der Waals surface area contributed by atoms with Gasteiger partial charge in [-0.2, -0.15) is 5.26 Å². The number of carbonyl (C=O) groups is 2. The van der Waals surface area contributed by atoms with E-state index in [0.29, 0.717) is 17.8 Å². The lowest BCUT2D eigenvalue weighted by Gasteiger charge is -2.34. The second-order valence-corrected chi connectivity index (χ2v) is 7.96. The van der Waals surface area contributed by atoms with E-state index in [-0.39, 0.29) is 29.8 Å². The molecule has 4 rings (SSSR count). The van der Waals surface area contributed by atoms with Crippen LogP contribution >= 0.6 is 0 Å². The second kappa shape index (κ2) is 8.21. The molecule has 0 bridgehead atoms. The first-order valence-electron chi connectivity index (χ1n) is 10.2. The minimum atomic E-state index is -0.580. The van der Waals surface area contributed by atoms with Crippen LogP contribution in [0.4, 0.5) is 0 Å². The van der Waals surface area contributed by atoms with E-state index in [1.807, 2.05) is 0 Å². The summed E-state index contributed by atoms with van der Waals surface area (Å²) in [5.41, 5.74) is 7.23. The van der Waals surface area contributed by atoms with Gasteiger partial charge in [-0.15, -0.1) is 0 Å². The van der Waals surface area contributed by atoms with Gasteiger partial charge in [0.2, 0.25) is 5.91 Å². The first-order chi connectivity index (χ1) is 14.1. The van der Waals surface area contributed by atoms with E-state index in [4.69, 9.17) is 10.2 Å². The van der Waals surface area contributed by atoms with Gasteiger partial charge in [-0.1, -0.05) is 0 Å². The number of rotatable bonds is 4. The zero-order valence-corrected chi connectivity index (χ0v) is 16.2. The first kappa shape index (κ1) is 19.4. The van der Waals surface area contributed by atoms with E-state index in [0.717, 1.165) is 43.9 Å². The van der Waals surface area contributed by atoms with E-state index in [2.05, 4.69) is 16.4 Å². The van der Waals surface area contributed by atoms with Crippen molar-refractivity contribution in [3.63, 3.8) is 0 Å². The number of pyridine rings is 1. The molecule has 8 nitrogen and oxygen atoms in total. The van der Waals surface area contributed by atoms with Gasteiger partial charge in [-0.25, -0.2) is 0 Å². The van der Waals surface area contributed by atoms with Crippen molar-refractivity contribution in [2.45, 2.75) is 56.7 Å². The van der Waals surface area contributed by atoms with Gasteiger partial charge in [0, 0.05) is 30.2 Å². The number of hydrogen-bond acceptors (Lipinski definition) is 6. The van der Waals surface area contributed by atoms with Gasteiger partial charge in [0.15, 0.2) is 0 Å². The van der Waals surface area contributed by atoms with Crippen LogP contribution in [0.25, 0.3) is 11.0 Å². The fourth-order valence-corrected chi connectivity index (χ4v) is 4.42. The molecular formula is C21H25N5O3. The molecule has 2 aromatic rings. The third kappa shape index (κ3) is 3.96. The largest absolute Gasteiger partial charge is 0.464 e. The maximum atomic E-state index is 12.7. The molecule has 29 heavy (non-hydrogen) atoms. The van der Waals surface area contributed by atoms with Crippen LogP contribution in [0.5, 0.6) is 0 Å². The number of nitrogens with zero attached hydrogens (tertiary/aromatic N) is 3. The highest BCUT2D eigenvalue weighted by Crippen LogP contribution is 2.29. The van der Waals surface area contributed by atoms with Crippen molar-refractivity contribution in [2.75, 3.05) is 6.54 Å². The normalized spacial score (nSPS) is 25.5. The zero-order chi connectivity index (χ0) is 20.4. The number of carbonyl (C=O) groups excluding carboxylic acids is 2. The van der Waals surface area contributed by atoms with Crippen LogP contribution in [-0.2, 0) is 4.79 Å². The van der Waals surface area contributed by atoms with Crippen LogP contribution in [0.3, 0.4) is 0 Å². The third-order valence-corrected chi connectivity index (χ3v) is 6.16. The lowest BCUT2D eigenvalue weighted by Crippen LogP contribution is -2.50. The van der Waals surface area contributed by atoms with Gasteiger partial charge in [0.25, 0.3) is 5.91 Å². The molecule has 3 heterocycles. The monoisotopic (exact) mass is 395 g/mol. The number of nitriles is 1. The molecule has 3 N–H and O–H groups in total. The molecule has 0 spiro atoms. The number of fused-ring (bicyclic) bond motifs is 1. The van der Waals surface area contributed by atoms with Crippen molar-refractivity contribution >= 4 is 22.8 Å². The van der Waals surface area contributed by atoms with Crippen molar-refractivity contribution in [2.24, 2.45) is 11.7 Å². The SMILES string of the molecule is N#C[C@@H]1CCCN1C(=O)[C@@H](N)[C@H]1CC[C@H](NC(=O)c2cc3occc3cn2)CC1. The molecule has 0 unspecified atom stereocenters. The van der Waals surface area contributed by atoms with Gasteiger partial charge < -0.3 is 20.4 Å². The Morgan fingerprint density at radius 2 is 2.10 bits per heavy atom. The topological polar surface area (TPSA) is 125 Å². The molecule has 0 radical (unpaired) electrons. The van der Waals surface area contributed by atoms with E-state index < -0.39 is 6.04 Å². The summed E-state index contributed by atoms with van der Waals surface area (Å²) in [5.74, 6) is -0.258. The van der Waals surface area contributed by atoms with Crippen molar-refractivity contribution in [3.05, 3.63) is 30.3 Å². The summed E-state index contributed by atoms with van der Waals surface area (Å²) in [6.45, 7) is 0.614. The zero-order valence-electron chi connectivity index (χ0n) is 16.2. The highest BCUT2D eigenvalue weighted by Gasteiger charge is 2.36. The number of likely N-dealkylation sites (tertiary alicyclic amines) is 1. The lowest BCUT2D eigenvalue weighted by molar-refractivity contribution is -0.134. The fraction of sp³-hybridized carbons (Fsp3) is 0.524. The average molecular weight is 395 g/mol. The molecule has 2 aliphatic rings. The maximum absolute atomic E-state index is 12.7. The number of aromatic nitrogens is 1. The predicted molar refractivity (Wildman–Crippen MR) is 106 cm³/mol. The quantitative estimate of drug-likeness (QED) is 0.815. The van der Waals surface area contributed by atoms with Gasteiger partial charge in [-0.3, -0.25) is 14.6 Å². The Balaban J connectivity index is 1.30. The summed E-state index contributed by atoms with van der Waals surface area (Å²) < 4.78 is 5.33. The van der Waals surface area contributed by atoms with Crippen molar-refractivity contribution < 1.29 is 14.0 Å². The molecule has 1 saturated carbocycles. The van der Waals surface area contributed by atoms with Gasteiger partial charge >= 0.3 is 0 Å². The maximum Gasteiger partial charge on any atom is 0.270 e. The van der Waals surface area contributed by atoms with Crippen LogP contribution in [0, 0.1) is 17.2 Å². The van der Waals surface area contributed by atoms with Crippen LogP contribution in [0.1, 0.15) is 49.0 Å². The van der Waals surface area contributed by atoms with E-state index >= 15 is 0 Å². The summed E-state index contributed by atoms with van der Waals surface area (Å²) in [7, 11) is 0. The van der Waals surface area contributed by atoms with Crippen molar-refractivity contribution in [1.29, 1.82) is 5.26 Å². The molecule has 2 amide bonds. The summed E-state index contributed by atoms with van der Waals surface area (Å²) >= 11 is 0. The number of furan rings is 1. The molecule has 8 heteroatoms. The minimum absolute atomic E-state index is 0.0359. The summed E-state index contributed by atoms with van der Waals surface area (Å²) in [5, 5.41) is 13.1. The van der Waals surface area contributed by atoms with Gasteiger partial charge in [-0.05, 0) is 50.5 Å². The standard InChI is InChI=1S/C21H25N5O3/c22-11-16-2-1-8-26(16)21(28)19(23)13-3-5-15(6-4-13)25-20(27)17-10-18-14(12-24-17)7-9-29-18/h7,9-10,12-13,15-16,19H,1-6,8,23H2,(H,25,27)/t13-,15-,16-,19-/m0/s1. The highest BCUT2D eigenvalue weighted by molar-refractivity contribution is 5.95. The number of amides is 2. The Morgan fingerprint density at radius 3 is 2.86 bits per heavy atom. The third-order valence-electron chi connectivity index (χ3n) is 6.16. The smallest absolute Gasteiger partial charge is 0.270 e. The second-order valence-electron chi connectivity index (χ2n) is 7.96. The van der Waals surface area contributed by atoms with Gasteiger partial charge in [0.1, 0.15) is 17.3 Å². The van der Waals surface area contributed by atoms with Gasteiger partial charge in [0.05, 0.1) is 18.4 Å². The van der Waals surface area contributed by atoms with Crippen LogP contribution in [0.15, 0.2) is 29.0 Å². The lowest BCUT2D eigenvalue weighted by atomic mass is 9.81. The van der Waals surface area contributed by atoms with E-state index in [9.17, 15) is 14.9 Å². The molecule has 1 aliphatic heterocycles. The molecule has 1 saturated heterocycles. The summed E-state index contributed by atoms with van der Waals surface area (Å²) in [6.07, 6.45) is 7.85. The Labute approximate surface area is 169 Å². The predicted octanol–water partition coefficient (Wildman–Crippen LogP) is 1.96. The number of hydrogen-bond donors (Lipinski definition) is 2. The Morgan fingerprint density at radius 1 is 1.31 bits per heavy atom.